The van der Waals surface area contributed by atoms with Gasteiger partial charge in [-0.05, 0) is 69.2 Å². The van der Waals surface area contributed by atoms with E-state index in [1.165, 1.54) is 17.0 Å². The molecule has 0 saturated carbocycles. The fraction of sp³-hybridized carbons (Fsp3) is 0.310. The van der Waals surface area contributed by atoms with Crippen molar-refractivity contribution in [3.63, 3.8) is 0 Å². The minimum atomic E-state index is -4.11. The molecule has 0 saturated heterocycles. The van der Waals surface area contributed by atoms with Crippen molar-refractivity contribution in [1.82, 2.24) is 10.2 Å². The number of hydrogen-bond acceptors (Lipinski definition) is 4. The van der Waals surface area contributed by atoms with Crippen LogP contribution in [0.3, 0.4) is 0 Å². The fourth-order valence-electron chi connectivity index (χ4n) is 4.01. The van der Waals surface area contributed by atoms with E-state index in [2.05, 4.69) is 5.32 Å². The molecule has 0 radical (unpaired) electrons. The first-order chi connectivity index (χ1) is 17.9. The summed E-state index contributed by atoms with van der Waals surface area (Å²) in [6.07, 6.45) is 0.354. The van der Waals surface area contributed by atoms with Crippen LogP contribution < -0.4 is 9.62 Å². The van der Waals surface area contributed by atoms with Crippen LogP contribution in [-0.4, -0.2) is 43.3 Å². The van der Waals surface area contributed by atoms with Crippen LogP contribution in [0.1, 0.15) is 39.7 Å². The van der Waals surface area contributed by atoms with E-state index >= 15 is 0 Å². The predicted octanol–water partition coefficient (Wildman–Crippen LogP) is 5.26. The van der Waals surface area contributed by atoms with Crippen molar-refractivity contribution in [2.24, 2.45) is 0 Å². The molecule has 0 aliphatic heterocycles. The summed E-state index contributed by atoms with van der Waals surface area (Å²) in [6.45, 7) is 7.09. The van der Waals surface area contributed by atoms with Gasteiger partial charge in [0.05, 0.1) is 10.6 Å². The van der Waals surface area contributed by atoms with Gasteiger partial charge in [-0.3, -0.25) is 13.9 Å². The molecule has 0 spiro atoms. The second kappa shape index (κ2) is 12.5. The van der Waals surface area contributed by atoms with E-state index in [1.807, 2.05) is 58.0 Å². The zero-order chi connectivity index (χ0) is 27.9. The molecule has 3 aromatic rings. The quantitative estimate of drug-likeness (QED) is 0.370. The van der Waals surface area contributed by atoms with Gasteiger partial charge in [-0.2, -0.15) is 0 Å². The Hall–Kier alpha value is -3.36. The van der Waals surface area contributed by atoms with Crippen LogP contribution in [0.4, 0.5) is 5.69 Å². The van der Waals surface area contributed by atoms with Crippen molar-refractivity contribution in [1.29, 1.82) is 0 Å². The van der Waals surface area contributed by atoms with Crippen LogP contribution in [0.2, 0.25) is 5.02 Å². The van der Waals surface area contributed by atoms with Crippen LogP contribution in [0.25, 0.3) is 0 Å². The Morgan fingerprint density at radius 1 is 0.895 bits per heavy atom. The van der Waals surface area contributed by atoms with E-state index in [4.69, 9.17) is 11.6 Å². The van der Waals surface area contributed by atoms with Crippen molar-refractivity contribution >= 4 is 39.1 Å². The standard InChI is InChI=1S/C29H34ClN3O4S/c1-5-26(28(35)31-29(2,3)4)32(20-22-12-8-6-9-13-22)27(34)21-33(24-18-16-23(30)17-19-24)38(36,37)25-14-10-7-11-15-25/h6-19,26H,5,20-21H2,1-4H3,(H,31,35). The Labute approximate surface area is 230 Å². The Balaban J connectivity index is 2.04. The number of nitrogens with zero attached hydrogens (tertiary/aromatic N) is 2. The van der Waals surface area contributed by atoms with Crippen LogP contribution >= 0.6 is 11.6 Å². The lowest BCUT2D eigenvalue weighted by molar-refractivity contribution is -0.141. The van der Waals surface area contributed by atoms with Gasteiger partial charge < -0.3 is 10.2 Å². The zero-order valence-corrected chi connectivity index (χ0v) is 23.7. The van der Waals surface area contributed by atoms with E-state index in [9.17, 15) is 18.0 Å². The van der Waals surface area contributed by atoms with Crippen molar-refractivity contribution < 1.29 is 18.0 Å². The van der Waals surface area contributed by atoms with E-state index < -0.39 is 34.1 Å². The van der Waals surface area contributed by atoms with Gasteiger partial charge >= 0.3 is 0 Å². The Bertz CT molecular complexity index is 1330. The third kappa shape index (κ3) is 7.58. The lowest BCUT2D eigenvalue weighted by Gasteiger charge is -2.34. The van der Waals surface area contributed by atoms with Gasteiger partial charge in [0.25, 0.3) is 10.0 Å². The zero-order valence-electron chi connectivity index (χ0n) is 22.1. The molecular formula is C29H34ClN3O4S. The maximum absolute atomic E-state index is 14.0. The SMILES string of the molecule is CCC(C(=O)NC(C)(C)C)N(Cc1ccccc1)C(=O)CN(c1ccc(Cl)cc1)S(=O)(=O)c1ccccc1. The molecule has 0 aromatic heterocycles. The van der Waals surface area contributed by atoms with Gasteiger partial charge in [0.2, 0.25) is 11.8 Å². The van der Waals surface area contributed by atoms with Crippen LogP contribution in [0, 0.1) is 0 Å². The number of rotatable bonds is 10. The third-order valence-corrected chi connectivity index (χ3v) is 7.84. The van der Waals surface area contributed by atoms with Crippen molar-refractivity contribution in [3.8, 4) is 0 Å². The molecule has 0 aliphatic carbocycles. The summed E-state index contributed by atoms with van der Waals surface area (Å²) in [5.74, 6) is -0.799. The molecule has 2 amide bonds. The monoisotopic (exact) mass is 555 g/mol. The van der Waals surface area contributed by atoms with Crippen LogP contribution in [-0.2, 0) is 26.2 Å². The normalized spacial score (nSPS) is 12.4. The summed E-state index contributed by atoms with van der Waals surface area (Å²) in [7, 11) is -4.11. The number of nitrogens with one attached hydrogen (secondary N) is 1. The number of amides is 2. The number of carbonyl (C=O) groups excluding carboxylic acids is 2. The van der Waals surface area contributed by atoms with E-state index in [1.54, 1.807) is 42.5 Å². The molecule has 7 nitrogen and oxygen atoms in total. The molecule has 3 rings (SSSR count). The van der Waals surface area contributed by atoms with E-state index in [0.29, 0.717) is 17.1 Å². The smallest absolute Gasteiger partial charge is 0.264 e. The van der Waals surface area contributed by atoms with Gasteiger partial charge in [0.1, 0.15) is 12.6 Å². The number of carbonyl (C=O) groups is 2. The van der Waals surface area contributed by atoms with Crippen LogP contribution in [0.5, 0.6) is 0 Å². The second-order valence-corrected chi connectivity index (χ2v) is 12.3. The first-order valence-corrected chi connectivity index (χ1v) is 14.2. The van der Waals surface area contributed by atoms with Crippen molar-refractivity contribution in [2.45, 2.75) is 57.1 Å². The number of halogens is 1. The van der Waals surface area contributed by atoms with E-state index in [0.717, 1.165) is 9.87 Å². The summed E-state index contributed by atoms with van der Waals surface area (Å²) < 4.78 is 28.5. The third-order valence-electron chi connectivity index (χ3n) is 5.80. The van der Waals surface area contributed by atoms with Gasteiger partial charge in [0.15, 0.2) is 0 Å². The molecule has 1 unspecified atom stereocenters. The molecule has 1 N–H and O–H groups in total. The highest BCUT2D eigenvalue weighted by atomic mass is 35.5. The predicted molar refractivity (Wildman–Crippen MR) is 151 cm³/mol. The second-order valence-electron chi connectivity index (χ2n) is 9.97. The summed E-state index contributed by atoms with van der Waals surface area (Å²) in [5, 5.41) is 3.40. The Morgan fingerprint density at radius 2 is 1.45 bits per heavy atom. The van der Waals surface area contributed by atoms with Crippen molar-refractivity contribution in [3.05, 3.63) is 95.5 Å². The first kappa shape index (κ1) is 29.2. The summed E-state index contributed by atoms with van der Waals surface area (Å²) >= 11 is 6.05. The number of sulfonamides is 1. The average molecular weight is 556 g/mol. The average Bonchev–Trinajstić information content (AvgIpc) is 2.87. The van der Waals surface area contributed by atoms with Crippen molar-refractivity contribution in [2.75, 3.05) is 10.8 Å². The Kier molecular flexibility index (Phi) is 9.57. The van der Waals surface area contributed by atoms with E-state index in [-0.39, 0.29) is 17.3 Å². The highest BCUT2D eigenvalue weighted by Crippen LogP contribution is 2.26. The highest BCUT2D eigenvalue weighted by molar-refractivity contribution is 7.92. The molecule has 1 atom stereocenters. The maximum Gasteiger partial charge on any atom is 0.264 e. The molecule has 0 aliphatic rings. The maximum atomic E-state index is 14.0. The minimum Gasteiger partial charge on any atom is -0.350 e. The molecule has 3 aromatic carbocycles. The molecule has 0 bridgehead atoms. The number of hydrogen-bond donors (Lipinski definition) is 1. The van der Waals surface area contributed by atoms with Gasteiger partial charge in [-0.15, -0.1) is 0 Å². The Morgan fingerprint density at radius 3 is 1.97 bits per heavy atom. The highest BCUT2D eigenvalue weighted by Gasteiger charge is 2.34. The summed E-state index contributed by atoms with van der Waals surface area (Å²) in [4.78, 5) is 28.8. The molecule has 38 heavy (non-hydrogen) atoms. The topological polar surface area (TPSA) is 86.8 Å². The largest absolute Gasteiger partial charge is 0.350 e. The molecule has 202 valence electrons. The summed E-state index contributed by atoms with van der Waals surface area (Å²) in [5.41, 5.74) is 0.614. The molecule has 0 fully saturated rings. The summed E-state index contributed by atoms with van der Waals surface area (Å²) in [6, 6.07) is 22.7. The number of anilines is 1. The van der Waals surface area contributed by atoms with Gasteiger partial charge in [-0.25, -0.2) is 8.42 Å². The minimum absolute atomic E-state index is 0.0508. The van der Waals surface area contributed by atoms with Gasteiger partial charge in [-0.1, -0.05) is 67.1 Å². The first-order valence-electron chi connectivity index (χ1n) is 12.4. The lowest BCUT2D eigenvalue weighted by Crippen LogP contribution is -2.55. The van der Waals surface area contributed by atoms with Gasteiger partial charge in [0, 0.05) is 17.1 Å². The molecule has 9 heteroatoms. The molecule has 0 heterocycles. The lowest BCUT2D eigenvalue weighted by atomic mass is 10.1. The molecular weight excluding hydrogens is 522 g/mol. The number of benzene rings is 3. The fourth-order valence-corrected chi connectivity index (χ4v) is 5.57. The van der Waals surface area contributed by atoms with Crippen LogP contribution in [0.15, 0.2) is 89.8 Å².